The fourth-order valence-corrected chi connectivity index (χ4v) is 5.38. The fraction of sp³-hybridized carbons (Fsp3) is 0.769. The number of H-pyrrole nitrogens is 1. The maximum atomic E-state index is 12.9. The second kappa shape index (κ2) is 11.7. The number of morpholine rings is 1. The zero-order valence-electron chi connectivity index (χ0n) is 21.7. The number of methoxy groups -OCH3 is 1. The molecular weight excluding hydrogens is 434 g/mol. The zero-order chi connectivity index (χ0) is 24.8. The van der Waals surface area contributed by atoms with E-state index in [2.05, 4.69) is 15.2 Å². The molecule has 192 valence electrons. The maximum absolute atomic E-state index is 12.9. The molecule has 0 unspecified atom stereocenters. The van der Waals surface area contributed by atoms with Crippen LogP contribution in [-0.4, -0.2) is 72.9 Å². The lowest BCUT2D eigenvalue weighted by molar-refractivity contribution is -0.0288. The van der Waals surface area contributed by atoms with Gasteiger partial charge in [-0.1, -0.05) is 32.6 Å². The molecule has 0 amide bonds. The van der Waals surface area contributed by atoms with Gasteiger partial charge >= 0.3 is 11.9 Å². The summed E-state index contributed by atoms with van der Waals surface area (Å²) < 4.78 is 16.3. The van der Waals surface area contributed by atoms with Gasteiger partial charge in [0.2, 0.25) is 0 Å². The van der Waals surface area contributed by atoms with Gasteiger partial charge in [-0.3, -0.25) is 4.90 Å². The maximum Gasteiger partial charge on any atom is 0.355 e. The van der Waals surface area contributed by atoms with Crippen LogP contribution < -0.4 is 5.32 Å². The highest BCUT2D eigenvalue weighted by Crippen LogP contribution is 2.33. The van der Waals surface area contributed by atoms with Crippen LogP contribution in [0.1, 0.15) is 98.3 Å². The van der Waals surface area contributed by atoms with E-state index in [9.17, 15) is 9.59 Å². The Balaban J connectivity index is 1.82. The molecule has 1 saturated heterocycles. The van der Waals surface area contributed by atoms with Crippen molar-refractivity contribution in [3.05, 3.63) is 22.5 Å². The molecule has 0 spiro atoms. The summed E-state index contributed by atoms with van der Waals surface area (Å²) in [6.45, 7) is 12.2. The molecule has 1 saturated carbocycles. The third-order valence-electron chi connectivity index (χ3n) is 7.00. The minimum Gasteiger partial charge on any atom is -0.465 e. The summed E-state index contributed by atoms with van der Waals surface area (Å²) in [7, 11) is 1.37. The van der Waals surface area contributed by atoms with Crippen LogP contribution in [-0.2, 0) is 27.2 Å². The van der Waals surface area contributed by atoms with Crippen molar-refractivity contribution < 1.29 is 23.8 Å². The number of aromatic amines is 1. The van der Waals surface area contributed by atoms with Gasteiger partial charge in [0.25, 0.3) is 0 Å². The second-order valence-electron chi connectivity index (χ2n) is 10.5. The average Bonchev–Trinajstić information content (AvgIpc) is 3.00. The van der Waals surface area contributed by atoms with Crippen LogP contribution in [0.2, 0.25) is 0 Å². The SMILES string of the molecule is CCc1c(C(=O)OC(C)(C)C)[nH]c(CNCC2(N3CCOCC3)CCCCCC2)c1C(=O)OC. The predicted octanol–water partition coefficient (Wildman–Crippen LogP) is 3.83. The number of nitrogens with zero attached hydrogens (tertiary/aromatic N) is 1. The summed E-state index contributed by atoms with van der Waals surface area (Å²) in [5, 5.41) is 3.63. The lowest BCUT2D eigenvalue weighted by Gasteiger charge is -2.46. The number of carbonyl (C=O) groups excluding carboxylic acids is 2. The number of aromatic nitrogens is 1. The van der Waals surface area contributed by atoms with Crippen LogP contribution in [0, 0.1) is 0 Å². The summed E-state index contributed by atoms with van der Waals surface area (Å²) in [6.07, 6.45) is 7.89. The Morgan fingerprint density at radius 2 is 1.74 bits per heavy atom. The Bertz CT molecular complexity index is 828. The minimum absolute atomic E-state index is 0.0971. The van der Waals surface area contributed by atoms with Crippen LogP contribution in [0.3, 0.4) is 0 Å². The summed E-state index contributed by atoms with van der Waals surface area (Å²) in [6, 6.07) is 0. The van der Waals surface area contributed by atoms with E-state index in [1.807, 2.05) is 27.7 Å². The highest BCUT2D eigenvalue weighted by atomic mass is 16.6. The van der Waals surface area contributed by atoms with Crippen LogP contribution >= 0.6 is 0 Å². The number of esters is 2. The highest BCUT2D eigenvalue weighted by molar-refractivity contribution is 5.98. The van der Waals surface area contributed by atoms with Gasteiger partial charge in [-0.15, -0.1) is 0 Å². The molecule has 2 heterocycles. The molecule has 8 heteroatoms. The number of carbonyl (C=O) groups is 2. The first-order valence-electron chi connectivity index (χ1n) is 12.8. The second-order valence-corrected chi connectivity index (χ2v) is 10.5. The molecular formula is C26H43N3O5. The molecule has 1 aliphatic carbocycles. The van der Waals surface area contributed by atoms with E-state index in [4.69, 9.17) is 14.2 Å². The largest absolute Gasteiger partial charge is 0.465 e. The van der Waals surface area contributed by atoms with Gasteiger partial charge in [0.1, 0.15) is 11.3 Å². The van der Waals surface area contributed by atoms with Gasteiger partial charge in [0, 0.05) is 37.4 Å². The van der Waals surface area contributed by atoms with E-state index in [1.165, 1.54) is 32.8 Å². The molecule has 2 aliphatic rings. The molecule has 8 nitrogen and oxygen atoms in total. The first kappa shape index (κ1) is 26.7. The van der Waals surface area contributed by atoms with Crippen molar-refractivity contribution in [2.24, 2.45) is 0 Å². The Hall–Kier alpha value is -1.90. The van der Waals surface area contributed by atoms with Gasteiger partial charge in [-0.2, -0.15) is 0 Å². The van der Waals surface area contributed by atoms with E-state index in [1.54, 1.807) is 0 Å². The fourth-order valence-electron chi connectivity index (χ4n) is 5.38. The van der Waals surface area contributed by atoms with Crippen LogP contribution in [0.4, 0.5) is 0 Å². The zero-order valence-corrected chi connectivity index (χ0v) is 21.7. The van der Waals surface area contributed by atoms with Crippen molar-refractivity contribution in [3.63, 3.8) is 0 Å². The molecule has 1 aromatic heterocycles. The first-order chi connectivity index (χ1) is 16.2. The van der Waals surface area contributed by atoms with Gasteiger partial charge in [-0.05, 0) is 45.6 Å². The topological polar surface area (TPSA) is 92.9 Å². The summed E-state index contributed by atoms with van der Waals surface area (Å²) >= 11 is 0. The van der Waals surface area contributed by atoms with Crippen LogP contribution in [0.5, 0.6) is 0 Å². The first-order valence-corrected chi connectivity index (χ1v) is 12.8. The number of nitrogens with one attached hydrogen (secondary N) is 2. The molecule has 2 fully saturated rings. The van der Waals surface area contributed by atoms with Gasteiger partial charge < -0.3 is 24.5 Å². The van der Waals surface area contributed by atoms with Gasteiger partial charge in [-0.25, -0.2) is 9.59 Å². The van der Waals surface area contributed by atoms with E-state index in [0.29, 0.717) is 35.5 Å². The van der Waals surface area contributed by atoms with Crippen molar-refractivity contribution in [1.82, 2.24) is 15.2 Å². The van der Waals surface area contributed by atoms with E-state index in [0.717, 1.165) is 45.7 Å². The van der Waals surface area contributed by atoms with E-state index >= 15 is 0 Å². The number of hydrogen-bond donors (Lipinski definition) is 2. The molecule has 0 radical (unpaired) electrons. The predicted molar refractivity (Wildman–Crippen MR) is 131 cm³/mol. The monoisotopic (exact) mass is 477 g/mol. The Kier molecular flexibility index (Phi) is 9.18. The number of hydrogen-bond acceptors (Lipinski definition) is 7. The average molecular weight is 478 g/mol. The summed E-state index contributed by atoms with van der Waals surface area (Å²) in [5.41, 5.74) is 1.58. The summed E-state index contributed by atoms with van der Waals surface area (Å²) in [5.74, 6) is -0.883. The number of ether oxygens (including phenoxy) is 3. The smallest absolute Gasteiger partial charge is 0.355 e. The molecule has 34 heavy (non-hydrogen) atoms. The van der Waals surface area contributed by atoms with Crippen molar-refractivity contribution in [2.75, 3.05) is 40.0 Å². The van der Waals surface area contributed by atoms with E-state index in [-0.39, 0.29) is 5.54 Å². The Labute approximate surface area is 204 Å². The lowest BCUT2D eigenvalue weighted by Crippen LogP contribution is -2.58. The Morgan fingerprint density at radius 1 is 1.09 bits per heavy atom. The molecule has 0 aromatic carbocycles. The molecule has 2 N–H and O–H groups in total. The van der Waals surface area contributed by atoms with Crippen LogP contribution in [0.15, 0.2) is 0 Å². The molecule has 0 atom stereocenters. The standard InChI is InChI=1S/C26H43N3O5/c1-6-19-21(23(30)32-5)20(28-22(19)24(31)34-25(2,3)4)17-27-18-26(11-9-7-8-10-12-26)29-13-15-33-16-14-29/h27-28H,6-18H2,1-5H3. The van der Waals surface area contributed by atoms with Crippen molar-refractivity contribution in [1.29, 1.82) is 0 Å². The summed E-state index contributed by atoms with van der Waals surface area (Å²) in [4.78, 5) is 31.4. The van der Waals surface area contributed by atoms with Crippen molar-refractivity contribution in [3.8, 4) is 0 Å². The van der Waals surface area contributed by atoms with Gasteiger partial charge in [0.15, 0.2) is 0 Å². The number of rotatable bonds is 8. The van der Waals surface area contributed by atoms with Gasteiger partial charge in [0.05, 0.1) is 25.9 Å². The minimum atomic E-state index is -0.624. The molecule has 1 aliphatic heterocycles. The van der Waals surface area contributed by atoms with Crippen LogP contribution in [0.25, 0.3) is 0 Å². The van der Waals surface area contributed by atoms with Crippen molar-refractivity contribution in [2.45, 2.75) is 90.3 Å². The third kappa shape index (κ3) is 6.40. The normalized spacial score (nSPS) is 19.4. The molecule has 1 aromatic rings. The third-order valence-corrected chi connectivity index (χ3v) is 7.00. The highest BCUT2D eigenvalue weighted by Gasteiger charge is 2.38. The Morgan fingerprint density at radius 3 is 2.29 bits per heavy atom. The van der Waals surface area contributed by atoms with E-state index < -0.39 is 17.5 Å². The molecule has 0 bridgehead atoms. The van der Waals surface area contributed by atoms with Crippen molar-refractivity contribution >= 4 is 11.9 Å². The lowest BCUT2D eigenvalue weighted by atomic mass is 9.87. The quantitative estimate of drug-likeness (QED) is 0.434. The molecule has 3 rings (SSSR count).